The van der Waals surface area contributed by atoms with Gasteiger partial charge in [-0.3, -0.25) is 4.79 Å². The molecule has 0 fully saturated rings. The van der Waals surface area contributed by atoms with Crippen molar-refractivity contribution in [3.05, 3.63) is 46.8 Å². The highest BCUT2D eigenvalue weighted by Gasteiger charge is 2.11. The van der Waals surface area contributed by atoms with E-state index in [0.717, 1.165) is 11.3 Å². The van der Waals surface area contributed by atoms with Crippen LogP contribution in [0.15, 0.2) is 35.6 Å². The SMILES string of the molecule is CC.COc1cc(-n2cc(C)c3c(=O)[nH]cnc32)ccn1. The van der Waals surface area contributed by atoms with E-state index in [1.54, 1.807) is 19.4 Å². The van der Waals surface area contributed by atoms with Gasteiger partial charge in [0.15, 0.2) is 5.65 Å². The molecule has 3 rings (SSSR count). The van der Waals surface area contributed by atoms with Gasteiger partial charge in [-0.05, 0) is 18.6 Å². The van der Waals surface area contributed by atoms with E-state index in [9.17, 15) is 4.79 Å². The summed E-state index contributed by atoms with van der Waals surface area (Å²) < 4.78 is 6.96. The summed E-state index contributed by atoms with van der Waals surface area (Å²) in [5, 5.41) is 0.596. The number of nitrogens with one attached hydrogen (secondary N) is 1. The van der Waals surface area contributed by atoms with E-state index in [4.69, 9.17) is 4.74 Å². The molecule has 21 heavy (non-hydrogen) atoms. The average Bonchev–Trinajstić information content (AvgIpc) is 2.88. The van der Waals surface area contributed by atoms with E-state index in [-0.39, 0.29) is 5.56 Å². The number of aromatic nitrogens is 4. The van der Waals surface area contributed by atoms with Crippen LogP contribution in [0.5, 0.6) is 5.88 Å². The van der Waals surface area contributed by atoms with Crippen LogP contribution in [0.25, 0.3) is 16.7 Å². The number of nitrogens with zero attached hydrogens (tertiary/aromatic N) is 3. The molecule has 110 valence electrons. The van der Waals surface area contributed by atoms with Crippen molar-refractivity contribution in [3.63, 3.8) is 0 Å². The van der Waals surface area contributed by atoms with Gasteiger partial charge in [0.25, 0.3) is 5.56 Å². The van der Waals surface area contributed by atoms with Crippen molar-refractivity contribution < 1.29 is 4.74 Å². The van der Waals surface area contributed by atoms with Crippen molar-refractivity contribution in [2.45, 2.75) is 20.8 Å². The van der Waals surface area contributed by atoms with E-state index in [2.05, 4.69) is 15.0 Å². The Kier molecular flexibility index (Phi) is 4.37. The third-order valence-electron chi connectivity index (χ3n) is 2.98. The van der Waals surface area contributed by atoms with E-state index in [0.29, 0.717) is 16.9 Å². The van der Waals surface area contributed by atoms with Gasteiger partial charge in [-0.1, -0.05) is 13.8 Å². The number of hydrogen-bond acceptors (Lipinski definition) is 4. The molecule has 0 amide bonds. The molecule has 0 saturated carbocycles. The lowest BCUT2D eigenvalue weighted by Crippen LogP contribution is -2.07. The lowest BCUT2D eigenvalue weighted by molar-refractivity contribution is 0.397. The molecular formula is C15H18N4O2. The number of pyridine rings is 1. The first-order valence-electron chi connectivity index (χ1n) is 6.76. The fraction of sp³-hybridized carbons (Fsp3) is 0.267. The summed E-state index contributed by atoms with van der Waals surface area (Å²) in [5.74, 6) is 0.516. The van der Waals surface area contributed by atoms with Crippen LogP contribution >= 0.6 is 0 Å². The highest BCUT2D eigenvalue weighted by atomic mass is 16.5. The maximum atomic E-state index is 11.8. The Morgan fingerprint density at radius 2 is 2.05 bits per heavy atom. The number of rotatable bonds is 2. The Labute approximate surface area is 122 Å². The second kappa shape index (κ2) is 6.21. The fourth-order valence-electron chi connectivity index (χ4n) is 2.11. The summed E-state index contributed by atoms with van der Waals surface area (Å²) in [5.41, 5.74) is 2.21. The van der Waals surface area contributed by atoms with Gasteiger partial charge >= 0.3 is 0 Å². The van der Waals surface area contributed by atoms with Gasteiger partial charge in [0.05, 0.1) is 24.5 Å². The zero-order valence-electron chi connectivity index (χ0n) is 12.5. The molecule has 0 atom stereocenters. The van der Waals surface area contributed by atoms with Gasteiger partial charge in [-0.15, -0.1) is 0 Å². The average molecular weight is 286 g/mol. The maximum absolute atomic E-state index is 11.8. The first-order chi connectivity index (χ1) is 10.2. The topological polar surface area (TPSA) is 72.8 Å². The molecule has 3 aromatic rings. The zero-order valence-corrected chi connectivity index (χ0v) is 12.5. The second-order valence-electron chi connectivity index (χ2n) is 4.17. The number of hydrogen-bond donors (Lipinski definition) is 1. The lowest BCUT2D eigenvalue weighted by atomic mass is 10.3. The molecular weight excluding hydrogens is 268 g/mol. The number of aromatic amines is 1. The van der Waals surface area contributed by atoms with Crippen molar-refractivity contribution in [2.24, 2.45) is 0 Å². The van der Waals surface area contributed by atoms with Gasteiger partial charge in [-0.25, -0.2) is 9.97 Å². The summed E-state index contributed by atoms with van der Waals surface area (Å²) in [7, 11) is 1.56. The summed E-state index contributed by atoms with van der Waals surface area (Å²) >= 11 is 0. The first-order valence-corrected chi connectivity index (χ1v) is 6.76. The molecule has 6 heteroatoms. The molecule has 0 bridgehead atoms. The Morgan fingerprint density at radius 3 is 2.76 bits per heavy atom. The standard InChI is InChI=1S/C13H12N4O2.C2H6/c1-8-6-17(9-3-4-14-10(5-9)19-2)12-11(8)13(18)16-7-15-12;1-2/h3-7H,1-2H3,(H,15,16,18);1-2H3. The summed E-state index contributed by atoms with van der Waals surface area (Å²) in [6, 6.07) is 3.63. The molecule has 1 N–H and O–H groups in total. The van der Waals surface area contributed by atoms with Crippen LogP contribution in [0, 0.1) is 6.92 Å². The number of aryl methyl sites for hydroxylation is 1. The number of ether oxygens (including phenoxy) is 1. The summed E-state index contributed by atoms with van der Waals surface area (Å²) in [6.45, 7) is 5.88. The second-order valence-corrected chi connectivity index (χ2v) is 4.17. The van der Waals surface area contributed by atoms with E-state index >= 15 is 0 Å². The van der Waals surface area contributed by atoms with Crippen molar-refractivity contribution in [1.82, 2.24) is 19.5 Å². The minimum absolute atomic E-state index is 0.137. The van der Waals surface area contributed by atoms with Crippen molar-refractivity contribution in [1.29, 1.82) is 0 Å². The molecule has 3 aromatic heterocycles. The predicted octanol–water partition coefficient (Wildman–Crippen LogP) is 2.45. The molecule has 3 heterocycles. The van der Waals surface area contributed by atoms with Crippen LogP contribution < -0.4 is 10.3 Å². The highest BCUT2D eigenvalue weighted by molar-refractivity contribution is 5.80. The Bertz CT molecular complexity index is 805. The zero-order chi connectivity index (χ0) is 15.4. The fourth-order valence-corrected chi connectivity index (χ4v) is 2.11. The molecule has 0 spiro atoms. The molecule has 0 aliphatic carbocycles. The first kappa shape index (κ1) is 14.8. The van der Waals surface area contributed by atoms with E-state index in [1.807, 2.05) is 37.6 Å². The molecule has 0 saturated heterocycles. The normalized spacial score (nSPS) is 10.1. The van der Waals surface area contributed by atoms with E-state index in [1.165, 1.54) is 6.33 Å². The highest BCUT2D eigenvalue weighted by Crippen LogP contribution is 2.21. The van der Waals surface area contributed by atoms with Gasteiger partial charge in [0.1, 0.15) is 0 Å². The number of H-pyrrole nitrogens is 1. The molecule has 6 nitrogen and oxygen atoms in total. The monoisotopic (exact) mass is 286 g/mol. The van der Waals surface area contributed by atoms with Crippen LogP contribution in [-0.4, -0.2) is 26.6 Å². The number of fused-ring (bicyclic) bond motifs is 1. The van der Waals surface area contributed by atoms with Crippen LogP contribution in [0.3, 0.4) is 0 Å². The Balaban J connectivity index is 0.000000774. The quantitative estimate of drug-likeness (QED) is 0.785. The van der Waals surface area contributed by atoms with Gasteiger partial charge in [0.2, 0.25) is 5.88 Å². The van der Waals surface area contributed by atoms with Crippen LogP contribution in [0.4, 0.5) is 0 Å². The smallest absolute Gasteiger partial charge is 0.260 e. The lowest BCUT2D eigenvalue weighted by Gasteiger charge is -2.05. The summed E-state index contributed by atoms with van der Waals surface area (Å²) in [6.07, 6.45) is 4.93. The molecule has 0 unspecified atom stereocenters. The van der Waals surface area contributed by atoms with Crippen LogP contribution in [-0.2, 0) is 0 Å². The van der Waals surface area contributed by atoms with Crippen molar-refractivity contribution in [3.8, 4) is 11.6 Å². The molecule has 0 aliphatic rings. The van der Waals surface area contributed by atoms with E-state index < -0.39 is 0 Å². The van der Waals surface area contributed by atoms with Crippen LogP contribution in [0.2, 0.25) is 0 Å². The van der Waals surface area contributed by atoms with Crippen molar-refractivity contribution >= 4 is 11.0 Å². The van der Waals surface area contributed by atoms with Gasteiger partial charge in [-0.2, -0.15) is 0 Å². The molecule has 0 aromatic carbocycles. The van der Waals surface area contributed by atoms with Gasteiger partial charge in [0, 0.05) is 18.5 Å². The molecule has 0 aliphatic heterocycles. The molecule has 0 radical (unpaired) electrons. The minimum atomic E-state index is -0.137. The third-order valence-corrected chi connectivity index (χ3v) is 2.98. The van der Waals surface area contributed by atoms with Crippen molar-refractivity contribution in [2.75, 3.05) is 7.11 Å². The third kappa shape index (κ3) is 2.65. The predicted molar refractivity (Wildman–Crippen MR) is 82.1 cm³/mol. The largest absolute Gasteiger partial charge is 0.481 e. The minimum Gasteiger partial charge on any atom is -0.481 e. The Hall–Kier alpha value is -2.63. The maximum Gasteiger partial charge on any atom is 0.260 e. The Morgan fingerprint density at radius 1 is 1.29 bits per heavy atom. The van der Waals surface area contributed by atoms with Gasteiger partial charge < -0.3 is 14.3 Å². The van der Waals surface area contributed by atoms with Crippen LogP contribution in [0.1, 0.15) is 19.4 Å². The number of methoxy groups -OCH3 is 1. The summed E-state index contributed by atoms with van der Waals surface area (Å²) in [4.78, 5) is 22.7.